The smallest absolute Gasteiger partial charge is 0.323 e. The lowest BCUT2D eigenvalue weighted by atomic mass is 10.0. The van der Waals surface area contributed by atoms with Crippen LogP contribution >= 0.6 is 11.3 Å². The minimum absolute atomic E-state index is 0.0979. The normalized spacial score (nSPS) is 12.9. The molecule has 0 aliphatic rings. The Bertz CT molecular complexity index is 1860. The molecule has 0 fully saturated rings. The predicted octanol–water partition coefficient (Wildman–Crippen LogP) is 4.95. The molecular formula is C38H40FN5O5S. The minimum atomic E-state index is -0.953. The molecule has 0 bridgehead atoms. The molecule has 3 atom stereocenters. The molecule has 2 heterocycles. The van der Waals surface area contributed by atoms with Gasteiger partial charge in [0.25, 0.3) is 0 Å². The van der Waals surface area contributed by atoms with E-state index in [2.05, 4.69) is 25.9 Å². The van der Waals surface area contributed by atoms with Crippen LogP contribution in [-0.4, -0.2) is 64.8 Å². The first-order chi connectivity index (χ1) is 24.3. The number of ether oxygens (including phenoxy) is 1. The van der Waals surface area contributed by atoms with Crippen molar-refractivity contribution in [2.24, 2.45) is 0 Å². The maximum Gasteiger partial charge on any atom is 0.323 e. The number of fused-ring (bicyclic) bond motifs is 1. The van der Waals surface area contributed by atoms with Gasteiger partial charge in [0.1, 0.15) is 17.9 Å². The third-order valence-corrected chi connectivity index (χ3v) is 9.23. The number of benzene rings is 3. The maximum absolute atomic E-state index is 14.1. The Morgan fingerprint density at radius 1 is 0.880 bits per heavy atom. The number of aromatic amines is 1. The molecule has 50 heavy (non-hydrogen) atoms. The summed E-state index contributed by atoms with van der Waals surface area (Å²) in [6, 6.07) is 20.6. The van der Waals surface area contributed by atoms with Crippen molar-refractivity contribution in [2.45, 2.75) is 57.2 Å². The van der Waals surface area contributed by atoms with E-state index in [0.29, 0.717) is 18.4 Å². The van der Waals surface area contributed by atoms with Crippen molar-refractivity contribution in [1.82, 2.24) is 25.9 Å². The highest BCUT2D eigenvalue weighted by atomic mass is 32.1. The molecule has 0 spiro atoms. The molecule has 0 unspecified atom stereocenters. The lowest BCUT2D eigenvalue weighted by molar-refractivity contribution is -0.145. The Labute approximate surface area is 293 Å². The number of H-pyrrole nitrogens is 1. The number of halogens is 1. The zero-order valence-electron chi connectivity index (χ0n) is 27.7. The summed E-state index contributed by atoms with van der Waals surface area (Å²) in [6.07, 6.45) is 3.93. The molecule has 5 aromatic rings. The molecule has 12 heteroatoms. The highest BCUT2D eigenvalue weighted by molar-refractivity contribution is 7.17. The average molecular weight is 698 g/mol. The van der Waals surface area contributed by atoms with Crippen molar-refractivity contribution >= 4 is 45.0 Å². The Morgan fingerprint density at radius 2 is 1.64 bits per heavy atom. The van der Waals surface area contributed by atoms with Gasteiger partial charge in [-0.05, 0) is 65.6 Å². The first kappa shape index (κ1) is 36.1. The topological polar surface area (TPSA) is 142 Å². The molecule has 0 aliphatic heterocycles. The summed E-state index contributed by atoms with van der Waals surface area (Å²) < 4.78 is 19.7. The van der Waals surface area contributed by atoms with E-state index in [0.717, 1.165) is 26.9 Å². The number of carbonyl (C=O) groups is 4. The number of carbonyl (C=O) groups excluding carboxylic acids is 4. The van der Waals surface area contributed by atoms with Crippen LogP contribution < -0.4 is 16.0 Å². The third-order valence-electron chi connectivity index (χ3n) is 8.21. The van der Waals surface area contributed by atoms with Crippen molar-refractivity contribution in [3.8, 4) is 0 Å². The van der Waals surface area contributed by atoms with Gasteiger partial charge in [-0.1, -0.05) is 48.5 Å². The summed E-state index contributed by atoms with van der Waals surface area (Å²) in [5, 5.41) is 12.3. The number of esters is 1. The van der Waals surface area contributed by atoms with E-state index in [-0.39, 0.29) is 38.2 Å². The monoisotopic (exact) mass is 697 g/mol. The fourth-order valence-corrected chi connectivity index (χ4v) is 6.63. The number of thiophene rings is 1. The summed E-state index contributed by atoms with van der Waals surface area (Å²) >= 11 is 1.56. The second-order valence-electron chi connectivity index (χ2n) is 11.9. The SMILES string of the molecule is CCOC(=O)[C@H](Cc1cnc[nH]1)NC[C@@H](Cc1ccccc1)NC(=O)[C@H](Cc1csc2ccccc12)NC(=O)CCC(=O)c1ccc(F)cc1. The van der Waals surface area contributed by atoms with Crippen LogP contribution in [0.15, 0.2) is 96.8 Å². The van der Waals surface area contributed by atoms with Crippen molar-refractivity contribution in [3.63, 3.8) is 0 Å². The fourth-order valence-electron chi connectivity index (χ4n) is 5.65. The summed E-state index contributed by atoms with van der Waals surface area (Å²) in [5.74, 6) is -2.03. The highest BCUT2D eigenvalue weighted by Crippen LogP contribution is 2.26. The van der Waals surface area contributed by atoms with Crippen LogP contribution in [-0.2, 0) is 38.4 Å². The number of hydrogen-bond acceptors (Lipinski definition) is 8. The zero-order chi connectivity index (χ0) is 35.3. The molecule has 5 rings (SSSR count). The summed E-state index contributed by atoms with van der Waals surface area (Å²) in [4.78, 5) is 60.0. The van der Waals surface area contributed by atoms with Gasteiger partial charge in [-0.3, -0.25) is 19.2 Å². The molecule has 3 aromatic carbocycles. The molecule has 0 aliphatic carbocycles. The number of imidazole rings is 1. The fraction of sp³-hybridized carbons (Fsp3) is 0.289. The number of ketones is 1. The largest absolute Gasteiger partial charge is 0.465 e. The molecule has 0 radical (unpaired) electrons. The van der Waals surface area contributed by atoms with Crippen LogP contribution in [0.5, 0.6) is 0 Å². The Kier molecular flexibility index (Phi) is 13.0. The summed E-state index contributed by atoms with van der Waals surface area (Å²) in [7, 11) is 0. The second-order valence-corrected chi connectivity index (χ2v) is 12.8. The van der Waals surface area contributed by atoms with Crippen LogP contribution in [0.1, 0.15) is 46.9 Å². The Balaban J connectivity index is 1.33. The van der Waals surface area contributed by atoms with Gasteiger partial charge in [0.15, 0.2) is 5.78 Å². The number of amides is 2. The summed E-state index contributed by atoms with van der Waals surface area (Å²) in [6.45, 7) is 2.19. The number of nitrogens with zero attached hydrogens (tertiary/aromatic N) is 1. The minimum Gasteiger partial charge on any atom is -0.465 e. The van der Waals surface area contributed by atoms with Crippen LogP contribution in [0.2, 0.25) is 0 Å². The average Bonchev–Trinajstić information content (AvgIpc) is 3.79. The van der Waals surface area contributed by atoms with Gasteiger partial charge >= 0.3 is 5.97 Å². The standard InChI is InChI=1S/C38H40FN5O5S/c1-2-49-38(48)33(20-29-21-40-24-42-29)41-22-30(18-25-8-4-3-5-9-25)43-37(47)32(19-27-23-50-35-11-7-6-10-31(27)35)44-36(46)17-16-34(45)26-12-14-28(39)15-13-26/h3-15,21,23-24,30,32-33,41H,2,16-20,22H2,1H3,(H,40,42)(H,43,47)(H,44,46)/t30-,32+,33+/m1/s1. The van der Waals surface area contributed by atoms with Gasteiger partial charge in [0.05, 0.1) is 12.9 Å². The lowest BCUT2D eigenvalue weighted by Gasteiger charge is -2.26. The number of nitrogens with one attached hydrogen (secondary N) is 4. The van der Waals surface area contributed by atoms with Crippen LogP contribution in [0.25, 0.3) is 10.1 Å². The van der Waals surface area contributed by atoms with E-state index in [9.17, 15) is 23.6 Å². The van der Waals surface area contributed by atoms with Gasteiger partial charge in [-0.25, -0.2) is 9.37 Å². The van der Waals surface area contributed by atoms with Crippen LogP contribution in [0, 0.1) is 5.82 Å². The molecule has 2 aromatic heterocycles. The third kappa shape index (κ3) is 10.4. The van der Waals surface area contributed by atoms with E-state index >= 15 is 0 Å². The van der Waals surface area contributed by atoms with Crippen molar-refractivity contribution < 1.29 is 28.3 Å². The van der Waals surface area contributed by atoms with Crippen molar-refractivity contribution in [1.29, 1.82) is 0 Å². The molecular weight excluding hydrogens is 658 g/mol. The molecule has 260 valence electrons. The molecule has 0 saturated heterocycles. The number of Topliss-reactive ketones (excluding diaryl/α,β-unsaturated/α-hetero) is 1. The van der Waals surface area contributed by atoms with E-state index in [1.54, 1.807) is 30.8 Å². The first-order valence-corrected chi connectivity index (χ1v) is 17.4. The zero-order valence-corrected chi connectivity index (χ0v) is 28.5. The van der Waals surface area contributed by atoms with E-state index in [4.69, 9.17) is 4.74 Å². The molecule has 4 N–H and O–H groups in total. The van der Waals surface area contributed by atoms with Gasteiger partial charge in [0.2, 0.25) is 11.8 Å². The number of rotatable bonds is 18. The first-order valence-electron chi connectivity index (χ1n) is 16.5. The Morgan fingerprint density at radius 3 is 2.38 bits per heavy atom. The lowest BCUT2D eigenvalue weighted by Crippen LogP contribution is -2.54. The second kappa shape index (κ2) is 18.0. The highest BCUT2D eigenvalue weighted by Gasteiger charge is 2.27. The number of aromatic nitrogens is 2. The van der Waals surface area contributed by atoms with E-state index in [1.807, 2.05) is 60.0 Å². The molecule has 0 saturated carbocycles. The van der Waals surface area contributed by atoms with Crippen LogP contribution in [0.3, 0.4) is 0 Å². The molecule has 2 amide bonds. The quantitative estimate of drug-likeness (QED) is 0.0751. The predicted molar refractivity (Wildman–Crippen MR) is 190 cm³/mol. The molecule has 10 nitrogen and oxygen atoms in total. The van der Waals surface area contributed by atoms with Gasteiger partial charge < -0.3 is 25.7 Å². The van der Waals surface area contributed by atoms with Gasteiger partial charge in [0, 0.05) is 60.4 Å². The number of hydrogen-bond donors (Lipinski definition) is 4. The van der Waals surface area contributed by atoms with E-state index in [1.165, 1.54) is 24.3 Å². The van der Waals surface area contributed by atoms with Gasteiger partial charge in [-0.15, -0.1) is 11.3 Å². The van der Waals surface area contributed by atoms with Crippen molar-refractivity contribution in [3.05, 3.63) is 125 Å². The summed E-state index contributed by atoms with van der Waals surface area (Å²) in [5.41, 5.74) is 2.95. The van der Waals surface area contributed by atoms with Crippen molar-refractivity contribution in [2.75, 3.05) is 13.2 Å². The van der Waals surface area contributed by atoms with Gasteiger partial charge in [-0.2, -0.15) is 0 Å². The Hall–Kier alpha value is -5.20. The van der Waals surface area contributed by atoms with Crippen LogP contribution in [0.4, 0.5) is 4.39 Å². The maximum atomic E-state index is 14.1. The van der Waals surface area contributed by atoms with E-state index < -0.39 is 41.7 Å².